The molecule has 0 radical (unpaired) electrons. The number of aliphatic hydroxyl groups excluding tert-OH is 2. The third-order valence-electron chi connectivity index (χ3n) is 11.8. The van der Waals surface area contributed by atoms with E-state index in [1.807, 2.05) is 6.08 Å². The van der Waals surface area contributed by atoms with Crippen molar-refractivity contribution in [3.8, 4) is 0 Å². The second kappa shape index (κ2) is 49.7. The number of nitrogens with one attached hydrogen (secondary N) is 1. The van der Waals surface area contributed by atoms with Crippen LogP contribution in [0.15, 0.2) is 48.6 Å². The number of amides is 1. The summed E-state index contributed by atoms with van der Waals surface area (Å²) in [5, 5.41) is 23.1. The number of hydrogen-bond acceptors (Lipinski definition) is 3. The van der Waals surface area contributed by atoms with Crippen molar-refractivity contribution in [2.45, 2.75) is 283 Å². The van der Waals surface area contributed by atoms with Gasteiger partial charge in [0.1, 0.15) is 0 Å². The van der Waals surface area contributed by atoms with Gasteiger partial charge in [0.15, 0.2) is 0 Å². The van der Waals surface area contributed by atoms with Gasteiger partial charge < -0.3 is 15.5 Å². The predicted octanol–water partition coefficient (Wildman–Crippen LogP) is 16.7. The first-order valence-corrected chi connectivity index (χ1v) is 25.9. The van der Waals surface area contributed by atoms with Crippen LogP contribution in [-0.4, -0.2) is 34.9 Å². The molecule has 2 atom stereocenters. The van der Waals surface area contributed by atoms with E-state index in [1.165, 1.54) is 212 Å². The molecule has 0 rings (SSSR count). The van der Waals surface area contributed by atoms with Crippen LogP contribution in [0.5, 0.6) is 0 Å². The molecule has 1 amide bonds. The lowest BCUT2D eigenvalue weighted by atomic mass is 10.0. The number of carbonyl (C=O) groups excluding carboxylic acids is 1. The number of aliphatic hydroxyl groups is 2. The van der Waals surface area contributed by atoms with E-state index in [1.54, 1.807) is 6.08 Å². The summed E-state index contributed by atoms with van der Waals surface area (Å²) in [6.45, 7) is 4.31. The van der Waals surface area contributed by atoms with E-state index in [0.717, 1.165) is 38.5 Å². The van der Waals surface area contributed by atoms with Crippen molar-refractivity contribution >= 4 is 5.91 Å². The van der Waals surface area contributed by atoms with Crippen molar-refractivity contribution in [1.29, 1.82) is 0 Å². The van der Waals surface area contributed by atoms with Gasteiger partial charge >= 0.3 is 0 Å². The van der Waals surface area contributed by atoms with E-state index >= 15 is 0 Å². The molecule has 0 aromatic heterocycles. The zero-order valence-corrected chi connectivity index (χ0v) is 39.1. The Kier molecular flexibility index (Phi) is 48.3. The van der Waals surface area contributed by atoms with Crippen LogP contribution in [0.3, 0.4) is 0 Å². The number of carbonyl (C=O) groups is 1. The molecule has 0 bridgehead atoms. The molecule has 0 spiro atoms. The van der Waals surface area contributed by atoms with Crippen LogP contribution in [0.2, 0.25) is 0 Å². The SMILES string of the molecule is CCCCCCC/C=C\C/C=C\CCCCCCCCCCCCCCCC(=O)NC(CO)C(O)/C=C/CC/C=C/CCCCCCCCCCCCCCCCC. The summed E-state index contributed by atoms with van der Waals surface area (Å²) in [5.74, 6) is -0.0730. The molecule has 0 saturated heterocycles. The molecule has 0 saturated carbocycles. The van der Waals surface area contributed by atoms with Gasteiger partial charge in [0.05, 0.1) is 18.8 Å². The lowest BCUT2D eigenvalue weighted by Crippen LogP contribution is -2.45. The van der Waals surface area contributed by atoms with Gasteiger partial charge in [-0.25, -0.2) is 0 Å². The van der Waals surface area contributed by atoms with E-state index in [4.69, 9.17) is 0 Å². The first-order chi connectivity index (χ1) is 28.7. The van der Waals surface area contributed by atoms with Gasteiger partial charge in [-0.3, -0.25) is 4.79 Å². The molecule has 340 valence electrons. The fourth-order valence-corrected chi connectivity index (χ4v) is 7.81. The van der Waals surface area contributed by atoms with Crippen molar-refractivity contribution in [3.63, 3.8) is 0 Å². The Bertz CT molecular complexity index is 923. The highest BCUT2D eigenvalue weighted by Crippen LogP contribution is 2.16. The van der Waals surface area contributed by atoms with Crippen LogP contribution >= 0.6 is 0 Å². The molecule has 0 aromatic carbocycles. The summed E-state index contributed by atoms with van der Waals surface area (Å²) in [6, 6.07) is -0.640. The van der Waals surface area contributed by atoms with Gasteiger partial charge in [0.2, 0.25) is 5.91 Å². The maximum Gasteiger partial charge on any atom is 0.220 e. The van der Waals surface area contributed by atoms with Gasteiger partial charge in [-0.15, -0.1) is 0 Å². The Labute approximate surface area is 363 Å². The highest BCUT2D eigenvalue weighted by molar-refractivity contribution is 5.76. The van der Waals surface area contributed by atoms with E-state index in [9.17, 15) is 15.0 Å². The topological polar surface area (TPSA) is 69.6 Å². The number of rotatable bonds is 47. The monoisotopic (exact) mass is 812 g/mol. The lowest BCUT2D eigenvalue weighted by Gasteiger charge is -2.19. The van der Waals surface area contributed by atoms with Crippen LogP contribution in [-0.2, 0) is 4.79 Å². The zero-order valence-electron chi connectivity index (χ0n) is 39.1. The van der Waals surface area contributed by atoms with Crippen molar-refractivity contribution < 1.29 is 15.0 Å². The second-order valence-electron chi connectivity index (χ2n) is 17.6. The molecule has 58 heavy (non-hydrogen) atoms. The fourth-order valence-electron chi connectivity index (χ4n) is 7.81. The molecule has 2 unspecified atom stereocenters. The Morgan fingerprint density at radius 3 is 1.10 bits per heavy atom. The van der Waals surface area contributed by atoms with E-state index in [-0.39, 0.29) is 12.5 Å². The van der Waals surface area contributed by atoms with Crippen LogP contribution < -0.4 is 5.32 Å². The molecule has 0 aromatic rings. The molecular weight excluding hydrogens is 711 g/mol. The van der Waals surface area contributed by atoms with Crippen molar-refractivity contribution in [2.75, 3.05) is 6.61 Å². The third kappa shape index (κ3) is 45.4. The smallest absolute Gasteiger partial charge is 0.220 e. The maximum atomic E-state index is 12.4. The molecule has 0 heterocycles. The molecule has 3 N–H and O–H groups in total. The Morgan fingerprint density at radius 1 is 0.414 bits per heavy atom. The average molecular weight is 812 g/mol. The summed E-state index contributed by atoms with van der Waals surface area (Å²) < 4.78 is 0. The second-order valence-corrected chi connectivity index (χ2v) is 17.6. The predicted molar refractivity (Wildman–Crippen MR) is 258 cm³/mol. The quantitative estimate of drug-likeness (QED) is 0.0423. The molecular formula is C54H101NO3. The third-order valence-corrected chi connectivity index (χ3v) is 11.8. The van der Waals surface area contributed by atoms with Crippen LogP contribution in [0, 0.1) is 0 Å². The summed E-state index contributed by atoms with van der Waals surface area (Å²) in [4.78, 5) is 12.4. The van der Waals surface area contributed by atoms with E-state index < -0.39 is 12.1 Å². The van der Waals surface area contributed by atoms with Crippen molar-refractivity contribution in [3.05, 3.63) is 48.6 Å². The van der Waals surface area contributed by atoms with Gasteiger partial charge in [-0.1, -0.05) is 249 Å². The number of hydrogen-bond donors (Lipinski definition) is 3. The highest BCUT2D eigenvalue weighted by atomic mass is 16.3. The van der Waals surface area contributed by atoms with Gasteiger partial charge in [0, 0.05) is 6.42 Å². The number of allylic oxidation sites excluding steroid dienone is 7. The normalized spacial score (nSPS) is 13.2. The highest BCUT2D eigenvalue weighted by Gasteiger charge is 2.17. The fraction of sp³-hybridized carbons (Fsp3) is 0.833. The Balaban J connectivity index is 3.55. The lowest BCUT2D eigenvalue weighted by molar-refractivity contribution is -0.123. The van der Waals surface area contributed by atoms with Crippen LogP contribution in [0.25, 0.3) is 0 Å². The zero-order chi connectivity index (χ0) is 42.1. The Hall–Kier alpha value is -1.65. The summed E-state index contributed by atoms with van der Waals surface area (Å²) in [7, 11) is 0. The van der Waals surface area contributed by atoms with E-state index in [2.05, 4.69) is 55.6 Å². The molecule has 0 aliphatic carbocycles. The van der Waals surface area contributed by atoms with E-state index in [0.29, 0.717) is 6.42 Å². The summed E-state index contributed by atoms with van der Waals surface area (Å²) in [5.41, 5.74) is 0. The molecule has 0 aliphatic rings. The van der Waals surface area contributed by atoms with Crippen molar-refractivity contribution in [2.24, 2.45) is 0 Å². The first kappa shape index (κ1) is 56.4. The molecule has 4 nitrogen and oxygen atoms in total. The summed E-state index contributed by atoms with van der Waals surface area (Å²) >= 11 is 0. The van der Waals surface area contributed by atoms with Gasteiger partial charge in [-0.05, 0) is 64.2 Å². The van der Waals surface area contributed by atoms with Gasteiger partial charge in [-0.2, -0.15) is 0 Å². The van der Waals surface area contributed by atoms with Crippen LogP contribution in [0.4, 0.5) is 0 Å². The van der Waals surface area contributed by atoms with Gasteiger partial charge in [0.25, 0.3) is 0 Å². The molecule has 4 heteroatoms. The average Bonchev–Trinajstić information content (AvgIpc) is 3.23. The minimum Gasteiger partial charge on any atom is -0.394 e. The van der Waals surface area contributed by atoms with Crippen LogP contribution in [0.1, 0.15) is 271 Å². The number of unbranched alkanes of at least 4 members (excludes halogenated alkanes) is 34. The Morgan fingerprint density at radius 2 is 0.724 bits per heavy atom. The van der Waals surface area contributed by atoms with Crippen molar-refractivity contribution in [1.82, 2.24) is 5.32 Å². The molecule has 0 aliphatic heterocycles. The minimum absolute atomic E-state index is 0.0730. The largest absolute Gasteiger partial charge is 0.394 e. The first-order valence-electron chi connectivity index (χ1n) is 25.9. The summed E-state index contributed by atoms with van der Waals surface area (Å²) in [6.07, 6.45) is 68.2. The minimum atomic E-state index is -0.863. The maximum absolute atomic E-state index is 12.4. The molecule has 0 fully saturated rings. The standard InChI is InChI=1S/C54H101NO3/c1-3-5-7-9-11-13-15-17-19-21-23-25-26-27-28-30-32-34-36-38-40-42-44-46-48-50-54(58)55-52(51-56)53(57)49-47-45-43-41-39-37-35-33-31-29-24-22-20-18-16-14-12-10-8-6-4-2/h15,17,21,23,39,41,47,49,52-53,56-57H,3-14,16,18-20,22,24-38,40,42-46,48,50-51H2,1-2H3,(H,55,58)/b17-15-,23-21-,41-39+,49-47+.